The zero-order chi connectivity index (χ0) is 17.6. The Kier molecular flexibility index (Phi) is 5.26. The molecule has 0 saturated carbocycles. The van der Waals surface area contributed by atoms with Crippen molar-refractivity contribution >= 4 is 23.6 Å². The second kappa shape index (κ2) is 7.77. The molecular weight excluding hydrogens is 338 g/mol. The van der Waals surface area contributed by atoms with Crippen LogP contribution in [0.25, 0.3) is 17.5 Å². The van der Waals surface area contributed by atoms with Crippen molar-refractivity contribution in [2.45, 2.75) is 13.0 Å². The van der Waals surface area contributed by atoms with E-state index >= 15 is 0 Å². The first kappa shape index (κ1) is 16.9. The van der Waals surface area contributed by atoms with Crippen LogP contribution in [0.15, 0.2) is 65.2 Å². The minimum Gasteiger partial charge on any atom is -0.341 e. The van der Waals surface area contributed by atoms with E-state index in [2.05, 4.69) is 15.5 Å². The summed E-state index contributed by atoms with van der Waals surface area (Å²) in [6, 6.07) is 16.4. The van der Waals surface area contributed by atoms with Gasteiger partial charge < -0.3 is 9.84 Å². The predicted octanol–water partition coefficient (Wildman–Crippen LogP) is 4.28. The van der Waals surface area contributed by atoms with Crippen LogP contribution in [-0.4, -0.2) is 16.0 Å². The highest BCUT2D eigenvalue weighted by molar-refractivity contribution is 6.30. The topological polar surface area (TPSA) is 68.0 Å². The van der Waals surface area contributed by atoms with Gasteiger partial charge in [0.25, 0.3) is 0 Å². The zero-order valence-corrected chi connectivity index (χ0v) is 14.3. The number of hydrogen-bond donors (Lipinski definition) is 1. The van der Waals surface area contributed by atoms with Crippen LogP contribution in [0.4, 0.5) is 0 Å². The van der Waals surface area contributed by atoms with Gasteiger partial charge in [-0.25, -0.2) is 0 Å². The van der Waals surface area contributed by atoms with Gasteiger partial charge in [-0.2, -0.15) is 4.98 Å². The maximum absolute atomic E-state index is 12.0. The maximum atomic E-state index is 12.0. The molecule has 25 heavy (non-hydrogen) atoms. The van der Waals surface area contributed by atoms with E-state index in [4.69, 9.17) is 16.1 Å². The van der Waals surface area contributed by atoms with Gasteiger partial charge in [0, 0.05) is 16.7 Å². The third-order valence-corrected chi connectivity index (χ3v) is 3.72. The van der Waals surface area contributed by atoms with E-state index in [1.54, 1.807) is 25.1 Å². The van der Waals surface area contributed by atoms with Gasteiger partial charge in [-0.05, 0) is 30.7 Å². The first-order valence-corrected chi connectivity index (χ1v) is 8.13. The predicted molar refractivity (Wildman–Crippen MR) is 96.8 cm³/mol. The van der Waals surface area contributed by atoms with E-state index in [1.807, 2.05) is 42.5 Å². The molecule has 5 nitrogen and oxygen atoms in total. The van der Waals surface area contributed by atoms with Gasteiger partial charge in [0.2, 0.25) is 17.6 Å². The van der Waals surface area contributed by atoms with E-state index in [1.165, 1.54) is 6.08 Å². The van der Waals surface area contributed by atoms with Crippen molar-refractivity contribution in [3.05, 3.63) is 77.2 Å². The van der Waals surface area contributed by atoms with Crippen LogP contribution in [-0.2, 0) is 4.79 Å². The molecule has 0 bridgehead atoms. The number of amides is 1. The minimum absolute atomic E-state index is 0.237. The molecule has 1 unspecified atom stereocenters. The quantitative estimate of drug-likeness (QED) is 0.695. The molecule has 1 aromatic heterocycles. The van der Waals surface area contributed by atoms with Crippen molar-refractivity contribution in [1.29, 1.82) is 0 Å². The molecule has 0 fully saturated rings. The van der Waals surface area contributed by atoms with Crippen LogP contribution in [0.1, 0.15) is 24.4 Å². The van der Waals surface area contributed by atoms with Gasteiger partial charge in [0.15, 0.2) is 0 Å². The van der Waals surface area contributed by atoms with Crippen molar-refractivity contribution in [2.24, 2.45) is 0 Å². The summed E-state index contributed by atoms with van der Waals surface area (Å²) in [5.41, 5.74) is 1.70. The Hall–Kier alpha value is -2.92. The molecule has 1 atom stereocenters. The maximum Gasteiger partial charge on any atom is 0.249 e. The zero-order valence-electron chi connectivity index (χ0n) is 13.5. The number of carbonyl (C=O) groups excluding carboxylic acids is 1. The van der Waals surface area contributed by atoms with E-state index in [-0.39, 0.29) is 5.91 Å². The van der Waals surface area contributed by atoms with Gasteiger partial charge >= 0.3 is 0 Å². The molecule has 6 heteroatoms. The molecule has 0 aliphatic heterocycles. The smallest absolute Gasteiger partial charge is 0.249 e. The van der Waals surface area contributed by atoms with Crippen molar-refractivity contribution in [1.82, 2.24) is 15.5 Å². The number of benzene rings is 2. The van der Waals surface area contributed by atoms with Crippen molar-refractivity contribution in [3.63, 3.8) is 0 Å². The van der Waals surface area contributed by atoms with Crippen LogP contribution >= 0.6 is 11.6 Å². The van der Waals surface area contributed by atoms with E-state index in [0.717, 1.165) is 11.1 Å². The Balaban J connectivity index is 1.64. The average Bonchev–Trinajstić information content (AvgIpc) is 3.11. The van der Waals surface area contributed by atoms with Gasteiger partial charge in [0.1, 0.15) is 6.04 Å². The summed E-state index contributed by atoms with van der Waals surface area (Å²) in [4.78, 5) is 16.3. The second-order valence-electron chi connectivity index (χ2n) is 5.44. The molecular formula is C19H16ClN3O2. The third kappa shape index (κ3) is 4.55. The number of halogens is 1. The molecule has 0 spiro atoms. The van der Waals surface area contributed by atoms with Gasteiger partial charge in [-0.15, -0.1) is 0 Å². The first-order chi connectivity index (χ1) is 12.1. The van der Waals surface area contributed by atoms with Crippen LogP contribution in [0, 0.1) is 0 Å². The average molecular weight is 354 g/mol. The molecule has 2 aromatic carbocycles. The standard InChI is InChI=1S/C19H16ClN3O2/c1-13(21-17(24)11-10-14-6-3-2-4-7-14)19-22-18(23-25-19)15-8-5-9-16(20)12-15/h2-13H,1H3,(H,21,24)/b11-10+. The number of nitrogens with zero attached hydrogens (tertiary/aromatic N) is 2. The molecule has 0 radical (unpaired) electrons. The van der Waals surface area contributed by atoms with Crippen molar-refractivity contribution in [3.8, 4) is 11.4 Å². The largest absolute Gasteiger partial charge is 0.341 e. The summed E-state index contributed by atoms with van der Waals surface area (Å²) >= 11 is 5.97. The molecule has 1 amide bonds. The summed E-state index contributed by atoms with van der Waals surface area (Å²) in [5, 5.41) is 7.32. The number of carbonyl (C=O) groups is 1. The number of rotatable bonds is 5. The molecule has 1 N–H and O–H groups in total. The fourth-order valence-corrected chi connectivity index (χ4v) is 2.41. The first-order valence-electron chi connectivity index (χ1n) is 7.75. The molecule has 0 saturated heterocycles. The third-order valence-electron chi connectivity index (χ3n) is 3.48. The molecule has 1 heterocycles. The van der Waals surface area contributed by atoms with Crippen molar-refractivity contribution in [2.75, 3.05) is 0 Å². The SMILES string of the molecule is CC(NC(=O)/C=C/c1ccccc1)c1nc(-c2cccc(Cl)c2)no1. The molecule has 3 aromatic rings. The normalized spacial score (nSPS) is 12.2. The van der Waals surface area contributed by atoms with Gasteiger partial charge in [-0.1, -0.05) is 59.2 Å². The summed E-state index contributed by atoms with van der Waals surface area (Å²) < 4.78 is 5.24. The lowest BCUT2D eigenvalue weighted by atomic mass is 10.2. The summed E-state index contributed by atoms with van der Waals surface area (Å²) in [5.74, 6) is 0.522. The summed E-state index contributed by atoms with van der Waals surface area (Å²) in [6.45, 7) is 1.78. The molecule has 3 rings (SSSR count). The highest BCUT2D eigenvalue weighted by Crippen LogP contribution is 2.21. The molecule has 126 valence electrons. The Labute approximate surface area is 150 Å². The minimum atomic E-state index is -0.409. The van der Waals surface area contributed by atoms with Gasteiger partial charge in [-0.3, -0.25) is 4.79 Å². The number of nitrogens with one attached hydrogen (secondary N) is 1. The molecule has 0 aliphatic carbocycles. The monoisotopic (exact) mass is 353 g/mol. The fourth-order valence-electron chi connectivity index (χ4n) is 2.22. The lowest BCUT2D eigenvalue weighted by molar-refractivity contribution is -0.117. The highest BCUT2D eigenvalue weighted by Gasteiger charge is 2.16. The Morgan fingerprint density at radius 2 is 2.00 bits per heavy atom. The fraction of sp³-hybridized carbons (Fsp3) is 0.105. The lowest BCUT2D eigenvalue weighted by Gasteiger charge is -2.06. The van der Waals surface area contributed by atoms with E-state index in [9.17, 15) is 4.79 Å². The Morgan fingerprint density at radius 1 is 1.20 bits per heavy atom. The number of hydrogen-bond acceptors (Lipinski definition) is 4. The van der Waals surface area contributed by atoms with Crippen LogP contribution in [0.5, 0.6) is 0 Å². The second-order valence-corrected chi connectivity index (χ2v) is 5.88. The van der Waals surface area contributed by atoms with Crippen LogP contribution in [0.3, 0.4) is 0 Å². The lowest BCUT2D eigenvalue weighted by Crippen LogP contribution is -2.24. The van der Waals surface area contributed by atoms with Crippen molar-refractivity contribution < 1.29 is 9.32 Å². The Bertz CT molecular complexity index is 890. The Morgan fingerprint density at radius 3 is 2.76 bits per heavy atom. The summed E-state index contributed by atoms with van der Waals surface area (Å²) in [6.07, 6.45) is 3.22. The molecule has 0 aliphatic rings. The van der Waals surface area contributed by atoms with Crippen LogP contribution < -0.4 is 5.32 Å². The van der Waals surface area contributed by atoms with Crippen LogP contribution in [0.2, 0.25) is 5.02 Å². The van der Waals surface area contributed by atoms with E-state index < -0.39 is 6.04 Å². The summed E-state index contributed by atoms with van der Waals surface area (Å²) in [7, 11) is 0. The van der Waals surface area contributed by atoms with Gasteiger partial charge in [0.05, 0.1) is 0 Å². The number of aromatic nitrogens is 2. The highest BCUT2D eigenvalue weighted by atomic mass is 35.5. The van der Waals surface area contributed by atoms with E-state index in [0.29, 0.717) is 16.7 Å².